The van der Waals surface area contributed by atoms with Crippen LogP contribution in [0.15, 0.2) is 67.3 Å². The van der Waals surface area contributed by atoms with Crippen molar-refractivity contribution in [2.75, 3.05) is 11.1 Å². The minimum Gasteiger partial charge on any atom is -0.435 e. The van der Waals surface area contributed by atoms with Crippen molar-refractivity contribution in [3.8, 4) is 17.7 Å². The van der Waals surface area contributed by atoms with Crippen LogP contribution in [0.4, 0.5) is 17.2 Å². The molecule has 0 saturated carbocycles. The van der Waals surface area contributed by atoms with Crippen molar-refractivity contribution in [1.82, 2.24) is 15.0 Å². The average Bonchev–Trinajstić information content (AvgIpc) is 2.82. The van der Waals surface area contributed by atoms with Crippen LogP contribution in [0, 0.1) is 18.3 Å². The summed E-state index contributed by atoms with van der Waals surface area (Å²) in [6, 6.07) is 16.6. The number of nitrogens with two attached hydrogens (primary N) is 1. The number of nitrogen functional groups attached to an aromatic ring is 1. The quantitative estimate of drug-likeness (QED) is 0.337. The molecule has 0 bridgehead atoms. The third-order valence-corrected chi connectivity index (χ3v) is 5.52. The van der Waals surface area contributed by atoms with Gasteiger partial charge in [-0.15, -0.1) is 0 Å². The number of rotatable bonds is 6. The molecule has 4 aromatic rings. The summed E-state index contributed by atoms with van der Waals surface area (Å²) in [5.41, 5.74) is 9.52. The largest absolute Gasteiger partial charge is 0.435 e. The van der Waals surface area contributed by atoms with Crippen molar-refractivity contribution in [2.24, 2.45) is 0 Å². The molecule has 1 atom stereocenters. The second-order valence-electron chi connectivity index (χ2n) is 7.16. The van der Waals surface area contributed by atoms with Gasteiger partial charge in [0.1, 0.15) is 17.8 Å². The van der Waals surface area contributed by atoms with E-state index in [4.69, 9.17) is 33.7 Å². The van der Waals surface area contributed by atoms with Crippen LogP contribution in [0.2, 0.25) is 10.0 Å². The maximum atomic E-state index is 9.80. The van der Waals surface area contributed by atoms with E-state index in [-0.39, 0.29) is 11.6 Å². The third-order valence-electron chi connectivity index (χ3n) is 4.94. The van der Waals surface area contributed by atoms with E-state index in [1.807, 2.05) is 25.1 Å². The summed E-state index contributed by atoms with van der Waals surface area (Å²) < 4.78 is 5.71. The molecule has 1 unspecified atom stereocenters. The number of nitrogens with one attached hydrogen (secondary N) is 1. The van der Waals surface area contributed by atoms with Gasteiger partial charge in [0, 0.05) is 21.9 Å². The van der Waals surface area contributed by atoms with Crippen LogP contribution in [0.5, 0.6) is 11.6 Å². The van der Waals surface area contributed by atoms with E-state index in [0.717, 1.165) is 11.1 Å². The first-order valence-electron chi connectivity index (χ1n) is 9.86. The first-order chi connectivity index (χ1) is 16.0. The van der Waals surface area contributed by atoms with Gasteiger partial charge in [0.25, 0.3) is 0 Å². The Morgan fingerprint density at radius 1 is 1.12 bits per heavy atom. The molecule has 7 nitrogen and oxygen atoms in total. The molecule has 33 heavy (non-hydrogen) atoms. The van der Waals surface area contributed by atoms with Crippen LogP contribution in [-0.4, -0.2) is 15.0 Å². The standard InChI is InChI=1S/C24H18Cl2N6O/c1-14-9-18(19(11-27)15-4-6-16(25)7-5-15)20(26)10-21(14)32-23-22(28)24(31-13-30-23)33-17-3-2-8-29-12-17/h2-10,12-13,19H,28H2,1H3,(H,30,31,32). The van der Waals surface area contributed by atoms with Crippen LogP contribution in [0.25, 0.3) is 0 Å². The molecule has 0 radical (unpaired) electrons. The van der Waals surface area contributed by atoms with Gasteiger partial charge in [-0.2, -0.15) is 10.2 Å². The molecule has 0 fully saturated rings. The molecule has 164 valence electrons. The average molecular weight is 477 g/mol. The van der Waals surface area contributed by atoms with Crippen molar-refractivity contribution < 1.29 is 4.74 Å². The monoisotopic (exact) mass is 476 g/mol. The predicted octanol–water partition coefficient (Wildman–Crippen LogP) is 6.26. The Kier molecular flexibility index (Phi) is 6.59. The van der Waals surface area contributed by atoms with E-state index in [1.165, 1.54) is 6.33 Å². The Bertz CT molecular complexity index is 1320. The number of benzene rings is 2. The zero-order valence-electron chi connectivity index (χ0n) is 17.5. The summed E-state index contributed by atoms with van der Waals surface area (Å²) in [7, 11) is 0. The topological polar surface area (TPSA) is 110 Å². The number of anilines is 3. The maximum Gasteiger partial charge on any atom is 0.248 e. The molecule has 3 N–H and O–H groups in total. The highest BCUT2D eigenvalue weighted by Crippen LogP contribution is 2.37. The highest BCUT2D eigenvalue weighted by Gasteiger charge is 2.19. The maximum absolute atomic E-state index is 9.80. The van der Waals surface area contributed by atoms with E-state index >= 15 is 0 Å². The Morgan fingerprint density at radius 2 is 1.91 bits per heavy atom. The van der Waals surface area contributed by atoms with Gasteiger partial charge >= 0.3 is 0 Å². The number of halogens is 2. The number of nitrogens with zero attached hydrogens (tertiary/aromatic N) is 4. The van der Waals surface area contributed by atoms with Crippen molar-refractivity contribution in [3.63, 3.8) is 0 Å². The van der Waals surface area contributed by atoms with Gasteiger partial charge < -0.3 is 15.8 Å². The van der Waals surface area contributed by atoms with Crippen molar-refractivity contribution in [2.45, 2.75) is 12.8 Å². The zero-order valence-corrected chi connectivity index (χ0v) is 19.0. The van der Waals surface area contributed by atoms with E-state index in [1.54, 1.807) is 42.7 Å². The molecule has 0 aliphatic heterocycles. The summed E-state index contributed by atoms with van der Waals surface area (Å²) in [5.74, 6) is 0.534. The lowest BCUT2D eigenvalue weighted by Gasteiger charge is -2.17. The van der Waals surface area contributed by atoms with Crippen LogP contribution in [0.3, 0.4) is 0 Å². The van der Waals surface area contributed by atoms with Crippen LogP contribution in [0.1, 0.15) is 22.6 Å². The fourth-order valence-corrected chi connectivity index (χ4v) is 3.64. The highest BCUT2D eigenvalue weighted by atomic mass is 35.5. The molecule has 4 rings (SSSR count). The lowest BCUT2D eigenvalue weighted by Crippen LogP contribution is -2.05. The molecule has 0 spiro atoms. The van der Waals surface area contributed by atoms with Crippen LogP contribution >= 0.6 is 23.2 Å². The molecule has 0 aliphatic carbocycles. The van der Waals surface area contributed by atoms with E-state index < -0.39 is 5.92 Å². The zero-order chi connectivity index (χ0) is 23.4. The molecular weight excluding hydrogens is 459 g/mol. The number of nitriles is 1. The lowest BCUT2D eigenvalue weighted by molar-refractivity contribution is 0.462. The van der Waals surface area contributed by atoms with Gasteiger partial charge in [-0.25, -0.2) is 4.98 Å². The van der Waals surface area contributed by atoms with E-state index in [2.05, 4.69) is 26.3 Å². The molecule has 2 aromatic carbocycles. The molecule has 9 heteroatoms. The van der Waals surface area contributed by atoms with Gasteiger partial charge in [-0.1, -0.05) is 41.4 Å². The second-order valence-corrected chi connectivity index (χ2v) is 8.00. The highest BCUT2D eigenvalue weighted by molar-refractivity contribution is 6.32. The van der Waals surface area contributed by atoms with Crippen LogP contribution < -0.4 is 15.8 Å². The number of aryl methyl sites for hydroxylation is 1. The van der Waals surface area contributed by atoms with Crippen molar-refractivity contribution in [3.05, 3.63) is 94.0 Å². The van der Waals surface area contributed by atoms with Crippen LogP contribution in [-0.2, 0) is 0 Å². The second kappa shape index (κ2) is 9.74. The summed E-state index contributed by atoms with van der Waals surface area (Å²) in [5, 5.41) is 14.0. The summed E-state index contributed by atoms with van der Waals surface area (Å²) in [6.45, 7) is 1.91. The summed E-state index contributed by atoms with van der Waals surface area (Å²) in [4.78, 5) is 12.3. The number of hydrogen-bond acceptors (Lipinski definition) is 7. The molecule has 2 aromatic heterocycles. The summed E-state index contributed by atoms with van der Waals surface area (Å²) in [6.07, 6.45) is 4.55. The van der Waals surface area contributed by atoms with E-state index in [0.29, 0.717) is 32.9 Å². The Morgan fingerprint density at radius 3 is 2.61 bits per heavy atom. The minimum atomic E-state index is -0.536. The number of pyridine rings is 1. The normalized spacial score (nSPS) is 11.5. The lowest BCUT2D eigenvalue weighted by atomic mass is 9.91. The van der Waals surface area contributed by atoms with Crippen molar-refractivity contribution in [1.29, 1.82) is 5.26 Å². The van der Waals surface area contributed by atoms with Gasteiger partial charge in [-0.05, 0) is 53.9 Å². The number of ether oxygens (including phenoxy) is 1. The molecule has 2 heterocycles. The minimum absolute atomic E-state index is 0.202. The first-order valence-corrected chi connectivity index (χ1v) is 10.6. The van der Waals surface area contributed by atoms with Gasteiger partial charge in [0.05, 0.1) is 18.2 Å². The van der Waals surface area contributed by atoms with Gasteiger partial charge in [0.2, 0.25) is 5.88 Å². The predicted molar refractivity (Wildman–Crippen MR) is 129 cm³/mol. The molecule has 0 aliphatic rings. The Balaban J connectivity index is 1.62. The Labute approximate surface area is 200 Å². The molecular formula is C24H18Cl2N6O. The summed E-state index contributed by atoms with van der Waals surface area (Å²) >= 11 is 12.6. The van der Waals surface area contributed by atoms with Crippen molar-refractivity contribution >= 4 is 40.4 Å². The Hall–Kier alpha value is -3.86. The number of hydrogen-bond donors (Lipinski definition) is 2. The smallest absolute Gasteiger partial charge is 0.248 e. The fraction of sp³-hybridized carbons (Fsp3) is 0.0833. The molecule has 0 amide bonds. The van der Waals surface area contributed by atoms with E-state index in [9.17, 15) is 5.26 Å². The third kappa shape index (κ3) is 4.98. The fourth-order valence-electron chi connectivity index (χ4n) is 3.25. The first kappa shape index (κ1) is 22.3. The molecule has 0 saturated heterocycles. The SMILES string of the molecule is Cc1cc(C(C#N)c2ccc(Cl)cc2)c(Cl)cc1Nc1ncnc(Oc2cccnc2)c1N. The number of aromatic nitrogens is 3. The van der Waals surface area contributed by atoms with Gasteiger partial charge in [0.15, 0.2) is 5.82 Å². The van der Waals surface area contributed by atoms with Gasteiger partial charge in [-0.3, -0.25) is 4.98 Å².